The quantitative estimate of drug-likeness (QED) is 0.477. The van der Waals surface area contributed by atoms with Crippen molar-refractivity contribution < 1.29 is 27.9 Å². The van der Waals surface area contributed by atoms with E-state index in [-0.39, 0.29) is 6.54 Å². The number of carbonyl (C=O) groups excluding carboxylic acids is 1. The van der Waals surface area contributed by atoms with Crippen LogP contribution in [-0.4, -0.2) is 45.2 Å². The van der Waals surface area contributed by atoms with Crippen molar-refractivity contribution in [1.82, 2.24) is 9.44 Å². The molecule has 0 aliphatic rings. The first-order valence-corrected chi connectivity index (χ1v) is 6.37. The minimum absolute atomic E-state index is 0.180. The topological polar surface area (TPSA) is 122 Å². The van der Waals surface area contributed by atoms with Crippen molar-refractivity contribution in [2.75, 3.05) is 13.7 Å². The number of esters is 1. The number of carboxylic acid groups (broad SMARTS) is 1. The van der Waals surface area contributed by atoms with Gasteiger partial charge in [0.2, 0.25) is 0 Å². The molecule has 100 valence electrons. The van der Waals surface area contributed by atoms with Crippen molar-refractivity contribution in [1.29, 1.82) is 0 Å². The summed E-state index contributed by atoms with van der Waals surface area (Å²) in [6.07, 6.45) is -0.00544. The molecule has 0 aromatic rings. The van der Waals surface area contributed by atoms with Gasteiger partial charge in [-0.1, -0.05) is 6.92 Å². The van der Waals surface area contributed by atoms with Crippen LogP contribution >= 0.6 is 0 Å². The Bertz CT molecular complexity index is 366. The highest BCUT2D eigenvalue weighted by atomic mass is 32.2. The zero-order valence-electron chi connectivity index (χ0n) is 9.60. The zero-order chi connectivity index (χ0) is 13.5. The fourth-order valence-electron chi connectivity index (χ4n) is 0.895. The molecule has 3 N–H and O–H groups in total. The molecule has 0 amide bonds. The van der Waals surface area contributed by atoms with Crippen LogP contribution in [0.3, 0.4) is 0 Å². The maximum atomic E-state index is 11.3. The predicted molar refractivity (Wildman–Crippen MR) is 58.4 cm³/mol. The summed E-state index contributed by atoms with van der Waals surface area (Å²) in [4.78, 5) is 21.6. The predicted octanol–water partition coefficient (Wildman–Crippen LogP) is -1.16. The van der Waals surface area contributed by atoms with Gasteiger partial charge in [0.25, 0.3) is 10.2 Å². The van der Waals surface area contributed by atoms with E-state index in [4.69, 9.17) is 5.11 Å². The summed E-state index contributed by atoms with van der Waals surface area (Å²) in [5, 5.41) is 8.74. The van der Waals surface area contributed by atoms with Crippen LogP contribution in [0.1, 0.15) is 19.8 Å². The van der Waals surface area contributed by atoms with Crippen molar-refractivity contribution in [3.8, 4) is 0 Å². The van der Waals surface area contributed by atoms with E-state index < -0.39 is 34.6 Å². The van der Waals surface area contributed by atoms with Gasteiger partial charge in [0, 0.05) is 6.54 Å². The van der Waals surface area contributed by atoms with Crippen molar-refractivity contribution in [2.45, 2.75) is 25.8 Å². The number of nitrogens with one attached hydrogen (secondary N) is 2. The molecule has 1 atom stereocenters. The van der Waals surface area contributed by atoms with Crippen molar-refractivity contribution in [2.24, 2.45) is 0 Å². The lowest BCUT2D eigenvalue weighted by Crippen LogP contribution is -2.47. The Morgan fingerprint density at radius 3 is 2.41 bits per heavy atom. The van der Waals surface area contributed by atoms with Crippen LogP contribution in [0.5, 0.6) is 0 Å². The van der Waals surface area contributed by atoms with Crippen LogP contribution in [0.25, 0.3) is 0 Å². The van der Waals surface area contributed by atoms with Crippen LogP contribution in [0.15, 0.2) is 0 Å². The Hall–Kier alpha value is -1.19. The summed E-state index contributed by atoms with van der Waals surface area (Å²) >= 11 is 0. The Balaban J connectivity index is 4.54. The summed E-state index contributed by atoms with van der Waals surface area (Å²) < 4.78 is 30.9. The van der Waals surface area contributed by atoms with Gasteiger partial charge < -0.3 is 9.84 Å². The van der Waals surface area contributed by atoms with Crippen molar-refractivity contribution in [3.63, 3.8) is 0 Å². The molecule has 0 spiro atoms. The van der Waals surface area contributed by atoms with Crippen LogP contribution in [0.4, 0.5) is 0 Å². The smallest absolute Gasteiger partial charge is 0.322 e. The molecule has 0 aromatic heterocycles. The highest BCUT2D eigenvalue weighted by Gasteiger charge is 2.26. The van der Waals surface area contributed by atoms with Gasteiger partial charge in [-0.2, -0.15) is 13.1 Å². The fraction of sp³-hybridized carbons (Fsp3) is 0.750. The first-order valence-electron chi connectivity index (χ1n) is 4.89. The molecule has 0 bridgehead atoms. The van der Waals surface area contributed by atoms with E-state index in [1.807, 2.05) is 4.72 Å². The van der Waals surface area contributed by atoms with Gasteiger partial charge in [0.15, 0.2) is 0 Å². The molecule has 0 saturated heterocycles. The number of methoxy groups -OCH3 is 1. The third kappa shape index (κ3) is 6.87. The Morgan fingerprint density at radius 1 is 1.41 bits per heavy atom. The van der Waals surface area contributed by atoms with Gasteiger partial charge in [0.1, 0.15) is 6.04 Å². The number of hydrogen-bond donors (Lipinski definition) is 3. The number of hydrogen-bond acceptors (Lipinski definition) is 5. The van der Waals surface area contributed by atoms with Gasteiger partial charge in [-0.3, -0.25) is 9.59 Å². The molecule has 9 heteroatoms. The Labute approximate surface area is 99.5 Å². The lowest BCUT2D eigenvalue weighted by Gasteiger charge is -2.13. The third-order valence-electron chi connectivity index (χ3n) is 1.74. The summed E-state index contributed by atoms with van der Waals surface area (Å²) in [5.41, 5.74) is 0. The third-order valence-corrected chi connectivity index (χ3v) is 2.92. The number of carbonyl (C=O) groups is 2. The van der Waals surface area contributed by atoms with E-state index in [2.05, 4.69) is 9.46 Å². The molecule has 0 saturated carbocycles. The summed E-state index contributed by atoms with van der Waals surface area (Å²) in [6.45, 7) is 1.94. The molecule has 17 heavy (non-hydrogen) atoms. The number of rotatable bonds is 8. The lowest BCUT2D eigenvalue weighted by atomic mass is 10.2. The maximum Gasteiger partial charge on any atom is 0.322 e. The standard InChI is InChI=1S/C8H16N2O6S/c1-3-4-9-17(14,15)10-6(8(12)13)5-7(11)16-2/h6,9-10H,3-5H2,1-2H3,(H,12,13)/t6-/m0/s1. The fourth-order valence-corrected chi connectivity index (χ4v) is 2.01. The first kappa shape index (κ1) is 15.8. The summed E-state index contributed by atoms with van der Waals surface area (Å²) in [7, 11) is -2.84. The minimum atomic E-state index is -3.93. The van der Waals surface area contributed by atoms with E-state index in [0.29, 0.717) is 6.42 Å². The maximum absolute atomic E-state index is 11.3. The Kier molecular flexibility index (Phi) is 6.69. The van der Waals surface area contributed by atoms with Crippen LogP contribution in [0.2, 0.25) is 0 Å². The molecular formula is C8H16N2O6S. The van der Waals surface area contributed by atoms with Crippen LogP contribution in [-0.2, 0) is 24.5 Å². The van der Waals surface area contributed by atoms with E-state index in [1.165, 1.54) is 0 Å². The molecule has 0 radical (unpaired) electrons. The molecule has 0 aliphatic heterocycles. The Morgan fingerprint density at radius 2 is 2.00 bits per heavy atom. The molecule has 0 rings (SSSR count). The second kappa shape index (κ2) is 7.20. The molecule has 0 aromatic carbocycles. The monoisotopic (exact) mass is 268 g/mol. The average molecular weight is 268 g/mol. The minimum Gasteiger partial charge on any atom is -0.480 e. The molecule has 8 nitrogen and oxygen atoms in total. The number of aliphatic carboxylic acids is 1. The van der Waals surface area contributed by atoms with Gasteiger partial charge in [-0.05, 0) is 6.42 Å². The van der Waals surface area contributed by atoms with E-state index >= 15 is 0 Å². The highest BCUT2D eigenvalue weighted by Crippen LogP contribution is 1.97. The number of carboxylic acids is 1. The lowest BCUT2D eigenvalue weighted by molar-refractivity contribution is -0.147. The second-order valence-corrected chi connectivity index (χ2v) is 4.72. The van der Waals surface area contributed by atoms with E-state index in [0.717, 1.165) is 7.11 Å². The van der Waals surface area contributed by atoms with Crippen molar-refractivity contribution in [3.05, 3.63) is 0 Å². The van der Waals surface area contributed by atoms with Crippen LogP contribution < -0.4 is 9.44 Å². The summed E-state index contributed by atoms with van der Waals surface area (Å²) in [5.74, 6) is -2.26. The SMILES string of the molecule is CCCNS(=O)(=O)N[C@@H](CC(=O)OC)C(=O)O. The molecule has 0 heterocycles. The largest absolute Gasteiger partial charge is 0.480 e. The normalized spacial score (nSPS) is 13.1. The average Bonchev–Trinajstić information content (AvgIpc) is 2.25. The van der Waals surface area contributed by atoms with Crippen molar-refractivity contribution >= 4 is 22.1 Å². The zero-order valence-corrected chi connectivity index (χ0v) is 10.4. The van der Waals surface area contributed by atoms with Gasteiger partial charge in [0.05, 0.1) is 13.5 Å². The van der Waals surface area contributed by atoms with Crippen LogP contribution in [0, 0.1) is 0 Å². The second-order valence-electron chi connectivity index (χ2n) is 3.19. The van der Waals surface area contributed by atoms with Gasteiger partial charge >= 0.3 is 11.9 Å². The van der Waals surface area contributed by atoms with Gasteiger partial charge in [-0.15, -0.1) is 0 Å². The van der Waals surface area contributed by atoms with E-state index in [1.54, 1.807) is 6.92 Å². The van der Waals surface area contributed by atoms with E-state index in [9.17, 15) is 18.0 Å². The molecule has 0 aliphatic carbocycles. The van der Waals surface area contributed by atoms with Gasteiger partial charge in [-0.25, -0.2) is 4.72 Å². The first-order chi connectivity index (χ1) is 7.82. The molecule has 0 unspecified atom stereocenters. The highest BCUT2D eigenvalue weighted by molar-refractivity contribution is 7.87. The summed E-state index contributed by atoms with van der Waals surface area (Å²) in [6, 6.07) is -1.54. The molecular weight excluding hydrogens is 252 g/mol. The molecule has 0 fully saturated rings. The number of ether oxygens (including phenoxy) is 1.